The zero-order chi connectivity index (χ0) is 22.8. The minimum atomic E-state index is -0.949. The molecule has 1 aliphatic carbocycles. The van der Waals surface area contributed by atoms with Gasteiger partial charge in [0.25, 0.3) is 0 Å². The fourth-order valence-electron chi connectivity index (χ4n) is 3.69. The summed E-state index contributed by atoms with van der Waals surface area (Å²) in [5.74, 6) is -0.428. The van der Waals surface area contributed by atoms with Crippen LogP contribution in [0.2, 0.25) is 0 Å². The highest BCUT2D eigenvalue weighted by Crippen LogP contribution is 2.32. The monoisotopic (exact) mass is 431 g/mol. The second-order valence-electron chi connectivity index (χ2n) is 7.42. The lowest BCUT2D eigenvalue weighted by atomic mass is 10.0. The number of rotatable bonds is 5. The fourth-order valence-corrected chi connectivity index (χ4v) is 3.69. The summed E-state index contributed by atoms with van der Waals surface area (Å²) in [7, 11) is 0. The molecule has 0 atom stereocenters. The third-order valence-electron chi connectivity index (χ3n) is 5.43. The van der Waals surface area contributed by atoms with Gasteiger partial charge in [0.2, 0.25) is 0 Å². The third-order valence-corrected chi connectivity index (χ3v) is 5.43. The van der Waals surface area contributed by atoms with E-state index in [0.717, 1.165) is 22.6 Å². The van der Waals surface area contributed by atoms with Gasteiger partial charge in [0, 0.05) is 11.1 Å². The molecule has 0 saturated heterocycles. The van der Waals surface area contributed by atoms with Gasteiger partial charge in [0.15, 0.2) is 5.82 Å². The molecule has 2 aliphatic rings. The predicted molar refractivity (Wildman–Crippen MR) is 127 cm³/mol. The van der Waals surface area contributed by atoms with Crippen LogP contribution in [0.4, 0.5) is 17.2 Å². The van der Waals surface area contributed by atoms with E-state index >= 15 is 0 Å². The number of carboxylic acid groups (broad SMARTS) is 1. The zero-order valence-corrected chi connectivity index (χ0v) is 17.7. The number of hydrogen-bond donors (Lipinski definition) is 5. The van der Waals surface area contributed by atoms with Crippen molar-refractivity contribution in [2.75, 3.05) is 17.6 Å². The van der Waals surface area contributed by atoms with Crippen LogP contribution in [0.1, 0.15) is 24.6 Å². The number of aryl methyl sites for hydroxylation is 1. The van der Waals surface area contributed by atoms with E-state index in [1.807, 2.05) is 43.3 Å². The molecule has 2 heterocycles. The summed E-state index contributed by atoms with van der Waals surface area (Å²) >= 11 is 0. The third kappa shape index (κ3) is 3.76. The molecule has 0 bridgehead atoms. The van der Waals surface area contributed by atoms with Crippen LogP contribution in [-0.4, -0.2) is 33.1 Å². The first-order valence-electron chi connectivity index (χ1n) is 10.3. The number of carbonyl (C=O) groups is 1. The molecule has 0 radical (unpaired) electrons. The van der Waals surface area contributed by atoms with Crippen molar-refractivity contribution in [3.8, 4) is 0 Å². The molecule has 1 aromatic heterocycles. The highest BCUT2D eigenvalue weighted by molar-refractivity contribution is 6.09. The lowest BCUT2D eigenvalue weighted by molar-refractivity contribution is -0.132. The second-order valence-corrected chi connectivity index (χ2v) is 7.42. The molecule has 9 heteroatoms. The van der Waals surface area contributed by atoms with E-state index < -0.39 is 5.97 Å². The van der Waals surface area contributed by atoms with E-state index in [1.54, 1.807) is 12.2 Å². The summed E-state index contributed by atoms with van der Waals surface area (Å²) in [6.07, 6.45) is 7.82. The number of anilines is 2. The maximum absolute atomic E-state index is 11.3. The Bertz CT molecular complexity index is 1250. The highest BCUT2D eigenvalue weighted by Gasteiger charge is 2.22. The molecule has 0 fully saturated rings. The molecule has 8 N–H and O–H groups in total. The van der Waals surface area contributed by atoms with Crippen LogP contribution in [0.5, 0.6) is 0 Å². The Morgan fingerprint density at radius 2 is 2.06 bits per heavy atom. The Morgan fingerprint density at radius 3 is 2.81 bits per heavy atom. The van der Waals surface area contributed by atoms with Crippen molar-refractivity contribution in [2.45, 2.75) is 19.8 Å². The molecule has 4 rings (SSSR count). The van der Waals surface area contributed by atoms with E-state index in [1.165, 1.54) is 4.68 Å². The number of aliphatic carboxylic acids is 1. The molecular formula is C23H25N7O2. The van der Waals surface area contributed by atoms with Gasteiger partial charge in [0.05, 0.1) is 35.0 Å². The van der Waals surface area contributed by atoms with Crippen LogP contribution >= 0.6 is 0 Å². The minimum Gasteiger partial charge on any atom is -0.478 e. The minimum absolute atomic E-state index is 0.186. The van der Waals surface area contributed by atoms with E-state index in [-0.39, 0.29) is 17.9 Å². The first-order chi connectivity index (χ1) is 15.4. The van der Waals surface area contributed by atoms with Crippen molar-refractivity contribution in [1.82, 2.24) is 9.78 Å². The molecule has 0 saturated carbocycles. The Morgan fingerprint density at radius 1 is 1.28 bits per heavy atom. The average Bonchev–Trinajstić information content (AvgIpc) is 2.97. The first-order valence-corrected chi connectivity index (χ1v) is 10.3. The Kier molecular flexibility index (Phi) is 5.55. The maximum Gasteiger partial charge on any atom is 0.331 e. The molecule has 1 aromatic carbocycles. The number of benzene rings is 1. The SMILES string of the molecule is CCc1nn(/C(N)=C(\N)C2=Nc3ccccc3NC2)c(N)c1C1=CCC(C(=O)O)=CC=C1. The number of carboxylic acids is 1. The van der Waals surface area contributed by atoms with E-state index in [2.05, 4.69) is 15.4 Å². The smallest absolute Gasteiger partial charge is 0.331 e. The molecule has 0 unspecified atom stereocenters. The number of nitrogen functional groups attached to an aromatic ring is 1. The Hall–Kier alpha value is -4.27. The average molecular weight is 432 g/mol. The van der Waals surface area contributed by atoms with Gasteiger partial charge in [-0.15, -0.1) is 0 Å². The van der Waals surface area contributed by atoms with Gasteiger partial charge in [-0.1, -0.05) is 43.4 Å². The van der Waals surface area contributed by atoms with Crippen LogP contribution < -0.4 is 22.5 Å². The number of para-hydroxylation sites is 2. The molecule has 9 nitrogen and oxygen atoms in total. The number of allylic oxidation sites excluding steroid dienone is 5. The molecule has 2 aromatic rings. The van der Waals surface area contributed by atoms with Crippen LogP contribution in [-0.2, 0) is 11.2 Å². The van der Waals surface area contributed by atoms with Crippen LogP contribution in [0, 0.1) is 0 Å². The molecule has 32 heavy (non-hydrogen) atoms. The molecule has 1 aliphatic heterocycles. The number of nitrogens with two attached hydrogens (primary N) is 3. The standard InChI is InChI=1S/C23H25N7O2/c1-2-15-19(13-6-5-7-14(11-10-13)23(31)32)21(25)30(29-15)22(26)20(24)18-12-27-16-8-3-4-9-17(16)28-18/h3-10,27H,2,11-12,24-26H2,1H3,(H,31,32)/b22-20-. The van der Waals surface area contributed by atoms with Gasteiger partial charge in [-0.25, -0.2) is 9.79 Å². The molecule has 164 valence electrons. The van der Waals surface area contributed by atoms with Crippen molar-refractivity contribution >= 4 is 40.3 Å². The summed E-state index contributed by atoms with van der Waals surface area (Å²) in [5, 5.41) is 17.1. The summed E-state index contributed by atoms with van der Waals surface area (Å²) < 4.78 is 1.43. The van der Waals surface area contributed by atoms with Gasteiger partial charge in [-0.05, 0) is 30.5 Å². The molecule has 0 spiro atoms. The lowest BCUT2D eigenvalue weighted by Crippen LogP contribution is -2.28. The quantitative estimate of drug-likeness (QED) is 0.487. The lowest BCUT2D eigenvalue weighted by Gasteiger charge is -2.19. The summed E-state index contributed by atoms with van der Waals surface area (Å²) in [4.78, 5) is 15.9. The van der Waals surface area contributed by atoms with Gasteiger partial charge in [0.1, 0.15) is 5.82 Å². The van der Waals surface area contributed by atoms with Crippen molar-refractivity contribution < 1.29 is 9.90 Å². The number of hydrogen-bond acceptors (Lipinski definition) is 7. The Balaban J connectivity index is 1.74. The highest BCUT2D eigenvalue weighted by atomic mass is 16.4. The number of nitrogens with one attached hydrogen (secondary N) is 1. The summed E-state index contributed by atoms with van der Waals surface area (Å²) in [5.41, 5.74) is 24.4. The number of aliphatic imine (C=N–C) groups is 1. The van der Waals surface area contributed by atoms with E-state index in [4.69, 9.17) is 17.2 Å². The number of fused-ring (bicyclic) bond motifs is 1. The maximum atomic E-state index is 11.3. The summed E-state index contributed by atoms with van der Waals surface area (Å²) in [6, 6.07) is 7.68. The van der Waals surface area contributed by atoms with Gasteiger partial charge in [-0.3, -0.25) is 0 Å². The van der Waals surface area contributed by atoms with Crippen LogP contribution in [0.3, 0.4) is 0 Å². The van der Waals surface area contributed by atoms with Crippen molar-refractivity contribution in [3.63, 3.8) is 0 Å². The van der Waals surface area contributed by atoms with Gasteiger partial charge < -0.3 is 27.6 Å². The molecular weight excluding hydrogens is 406 g/mol. The van der Waals surface area contributed by atoms with E-state index in [9.17, 15) is 9.90 Å². The van der Waals surface area contributed by atoms with Crippen molar-refractivity contribution in [3.05, 3.63) is 71.1 Å². The Labute approximate surface area is 185 Å². The topological polar surface area (TPSA) is 158 Å². The van der Waals surface area contributed by atoms with Gasteiger partial charge in [-0.2, -0.15) is 9.78 Å². The normalized spacial score (nSPS) is 16.1. The van der Waals surface area contributed by atoms with Gasteiger partial charge >= 0.3 is 5.97 Å². The zero-order valence-electron chi connectivity index (χ0n) is 17.7. The van der Waals surface area contributed by atoms with E-state index in [0.29, 0.717) is 35.6 Å². The summed E-state index contributed by atoms with van der Waals surface area (Å²) in [6.45, 7) is 2.39. The van der Waals surface area contributed by atoms with Crippen molar-refractivity contribution in [1.29, 1.82) is 0 Å². The van der Waals surface area contributed by atoms with Crippen LogP contribution in [0.15, 0.2) is 64.8 Å². The second kappa shape index (κ2) is 8.46. The number of aromatic nitrogens is 2. The van der Waals surface area contributed by atoms with Crippen molar-refractivity contribution in [2.24, 2.45) is 16.5 Å². The largest absolute Gasteiger partial charge is 0.478 e. The molecule has 0 amide bonds. The fraction of sp³-hybridized carbons (Fsp3) is 0.174. The first kappa shape index (κ1) is 21.0. The predicted octanol–water partition coefficient (Wildman–Crippen LogP) is 2.62. The number of nitrogens with zero attached hydrogens (tertiary/aromatic N) is 3. The van der Waals surface area contributed by atoms with Crippen LogP contribution in [0.25, 0.3) is 11.4 Å².